The molecular formula is C18H18F3N5O2. The molecule has 0 bridgehead atoms. The van der Waals surface area contributed by atoms with E-state index in [9.17, 15) is 18.0 Å². The maximum absolute atomic E-state index is 12.4. The quantitative estimate of drug-likeness (QED) is 0.776. The molecule has 10 heteroatoms. The van der Waals surface area contributed by atoms with Gasteiger partial charge in [-0.1, -0.05) is 13.8 Å². The molecule has 28 heavy (non-hydrogen) atoms. The number of rotatable bonds is 7. The SMILES string of the molecule is CC(C)CN(CC(=O)Nc1ccc(OC(F)(F)F)cc1)c1ccnc(C#N)n1. The highest BCUT2D eigenvalue weighted by molar-refractivity contribution is 5.94. The molecule has 1 aromatic heterocycles. The average Bonchev–Trinajstić information content (AvgIpc) is 2.61. The number of carbonyl (C=O) groups excluding carboxylic acids is 1. The fourth-order valence-corrected chi connectivity index (χ4v) is 2.37. The number of nitrogens with zero attached hydrogens (tertiary/aromatic N) is 4. The number of nitriles is 1. The van der Waals surface area contributed by atoms with Crippen molar-refractivity contribution in [1.29, 1.82) is 5.26 Å². The molecule has 0 atom stereocenters. The van der Waals surface area contributed by atoms with Crippen LogP contribution in [0.15, 0.2) is 36.5 Å². The third kappa shape index (κ3) is 6.75. The van der Waals surface area contributed by atoms with Crippen LogP contribution >= 0.6 is 0 Å². The van der Waals surface area contributed by atoms with Gasteiger partial charge in [-0.15, -0.1) is 13.2 Å². The van der Waals surface area contributed by atoms with E-state index in [-0.39, 0.29) is 29.9 Å². The number of ether oxygens (including phenoxy) is 1. The number of halogens is 3. The average molecular weight is 393 g/mol. The van der Waals surface area contributed by atoms with Gasteiger partial charge in [-0.3, -0.25) is 4.79 Å². The molecule has 0 saturated carbocycles. The zero-order chi connectivity index (χ0) is 20.7. The monoisotopic (exact) mass is 393 g/mol. The number of amides is 1. The minimum atomic E-state index is -4.78. The van der Waals surface area contributed by atoms with Crippen LogP contribution in [0.4, 0.5) is 24.7 Å². The van der Waals surface area contributed by atoms with Gasteiger partial charge in [0, 0.05) is 18.4 Å². The Morgan fingerprint density at radius 1 is 1.29 bits per heavy atom. The van der Waals surface area contributed by atoms with Gasteiger partial charge in [0.25, 0.3) is 0 Å². The Morgan fingerprint density at radius 3 is 2.54 bits per heavy atom. The van der Waals surface area contributed by atoms with Gasteiger partial charge in [0.15, 0.2) is 0 Å². The Balaban J connectivity index is 2.06. The van der Waals surface area contributed by atoms with Gasteiger partial charge in [-0.2, -0.15) is 5.26 Å². The van der Waals surface area contributed by atoms with Gasteiger partial charge in [0.1, 0.15) is 17.6 Å². The lowest BCUT2D eigenvalue weighted by atomic mass is 10.2. The van der Waals surface area contributed by atoms with Crippen molar-refractivity contribution >= 4 is 17.4 Å². The highest BCUT2D eigenvalue weighted by Crippen LogP contribution is 2.24. The van der Waals surface area contributed by atoms with Crippen molar-refractivity contribution in [2.45, 2.75) is 20.2 Å². The van der Waals surface area contributed by atoms with Crippen LogP contribution in [0.1, 0.15) is 19.7 Å². The molecule has 0 spiro atoms. The van der Waals surface area contributed by atoms with Gasteiger partial charge < -0.3 is 15.0 Å². The first-order valence-corrected chi connectivity index (χ1v) is 8.30. The van der Waals surface area contributed by atoms with Crippen molar-refractivity contribution in [2.75, 3.05) is 23.3 Å². The zero-order valence-electron chi connectivity index (χ0n) is 15.2. The Bertz CT molecular complexity index is 848. The molecule has 1 aromatic carbocycles. The van der Waals surface area contributed by atoms with Gasteiger partial charge in [-0.05, 0) is 36.2 Å². The van der Waals surface area contributed by atoms with Crippen molar-refractivity contribution < 1.29 is 22.7 Å². The van der Waals surface area contributed by atoms with E-state index in [2.05, 4.69) is 20.0 Å². The minimum Gasteiger partial charge on any atom is -0.406 e. The van der Waals surface area contributed by atoms with E-state index in [0.717, 1.165) is 12.1 Å². The highest BCUT2D eigenvalue weighted by atomic mass is 19.4. The summed E-state index contributed by atoms with van der Waals surface area (Å²) in [7, 11) is 0. The van der Waals surface area contributed by atoms with E-state index < -0.39 is 6.36 Å². The first-order valence-electron chi connectivity index (χ1n) is 8.30. The fourth-order valence-electron chi connectivity index (χ4n) is 2.37. The molecule has 1 heterocycles. The summed E-state index contributed by atoms with van der Waals surface area (Å²) in [5, 5.41) is 11.6. The molecule has 0 aliphatic heterocycles. The van der Waals surface area contributed by atoms with Crippen LogP contribution in [0.3, 0.4) is 0 Å². The van der Waals surface area contributed by atoms with Gasteiger partial charge in [-0.25, -0.2) is 9.97 Å². The summed E-state index contributed by atoms with van der Waals surface area (Å²) in [5.74, 6) is -0.123. The molecule has 7 nitrogen and oxygen atoms in total. The predicted molar refractivity (Wildman–Crippen MR) is 95.6 cm³/mol. The second-order valence-electron chi connectivity index (χ2n) is 6.24. The van der Waals surface area contributed by atoms with Crippen LogP contribution in [0.5, 0.6) is 5.75 Å². The van der Waals surface area contributed by atoms with E-state index in [1.165, 1.54) is 18.3 Å². The second-order valence-corrected chi connectivity index (χ2v) is 6.24. The molecule has 0 aliphatic carbocycles. The van der Waals surface area contributed by atoms with Crippen molar-refractivity contribution in [2.24, 2.45) is 5.92 Å². The van der Waals surface area contributed by atoms with E-state index in [1.54, 1.807) is 11.0 Å². The largest absolute Gasteiger partial charge is 0.573 e. The lowest BCUT2D eigenvalue weighted by Gasteiger charge is -2.25. The van der Waals surface area contributed by atoms with Crippen LogP contribution in [-0.2, 0) is 4.79 Å². The third-order valence-corrected chi connectivity index (χ3v) is 3.36. The molecule has 0 unspecified atom stereocenters. The van der Waals surface area contributed by atoms with Crippen LogP contribution in [0, 0.1) is 17.2 Å². The number of aromatic nitrogens is 2. The standard InChI is InChI=1S/C18H18F3N5O2/c1-12(2)10-26(16-7-8-23-15(9-22)25-16)11-17(27)24-13-3-5-14(6-4-13)28-18(19,20)21/h3-8,12H,10-11H2,1-2H3,(H,24,27). The van der Waals surface area contributed by atoms with Crippen LogP contribution < -0.4 is 15.0 Å². The third-order valence-electron chi connectivity index (χ3n) is 3.36. The Labute approximate surface area is 159 Å². The van der Waals surface area contributed by atoms with Crippen molar-refractivity contribution in [3.05, 3.63) is 42.4 Å². The summed E-state index contributed by atoms with van der Waals surface area (Å²) < 4.78 is 40.3. The maximum atomic E-state index is 12.4. The van der Waals surface area contributed by atoms with E-state index in [4.69, 9.17) is 5.26 Å². The summed E-state index contributed by atoms with van der Waals surface area (Å²) in [5.41, 5.74) is 0.324. The normalized spacial score (nSPS) is 11.0. The number of hydrogen-bond acceptors (Lipinski definition) is 6. The van der Waals surface area contributed by atoms with E-state index >= 15 is 0 Å². The molecule has 2 aromatic rings. The first-order chi connectivity index (χ1) is 13.2. The topological polar surface area (TPSA) is 91.1 Å². The van der Waals surface area contributed by atoms with Crippen molar-refractivity contribution in [1.82, 2.24) is 9.97 Å². The van der Waals surface area contributed by atoms with Crippen LogP contribution in [0.25, 0.3) is 0 Å². The van der Waals surface area contributed by atoms with E-state index in [1.807, 2.05) is 19.9 Å². The molecule has 1 N–H and O–H groups in total. The maximum Gasteiger partial charge on any atom is 0.573 e. The Hall–Kier alpha value is -3.35. The predicted octanol–water partition coefficient (Wildman–Crippen LogP) is 3.35. The molecule has 0 aliphatic rings. The van der Waals surface area contributed by atoms with Gasteiger partial charge in [0.05, 0.1) is 6.54 Å². The fraction of sp³-hybridized carbons (Fsp3) is 0.333. The van der Waals surface area contributed by atoms with Crippen molar-refractivity contribution in [3.63, 3.8) is 0 Å². The van der Waals surface area contributed by atoms with Crippen LogP contribution in [0.2, 0.25) is 0 Å². The number of hydrogen-bond donors (Lipinski definition) is 1. The number of carbonyl (C=O) groups is 1. The summed E-state index contributed by atoms with van der Waals surface area (Å²) in [4.78, 5) is 22.0. The van der Waals surface area contributed by atoms with Gasteiger partial charge in [0.2, 0.25) is 11.7 Å². The molecular weight excluding hydrogens is 375 g/mol. The molecule has 0 radical (unpaired) electrons. The second kappa shape index (κ2) is 9.03. The lowest BCUT2D eigenvalue weighted by Crippen LogP contribution is -2.36. The smallest absolute Gasteiger partial charge is 0.406 e. The summed E-state index contributed by atoms with van der Waals surface area (Å²) >= 11 is 0. The first kappa shape index (κ1) is 21.0. The molecule has 2 rings (SSSR count). The summed E-state index contributed by atoms with van der Waals surface area (Å²) in [6.07, 6.45) is -3.34. The molecule has 0 fully saturated rings. The number of benzene rings is 1. The zero-order valence-corrected chi connectivity index (χ0v) is 15.2. The highest BCUT2D eigenvalue weighted by Gasteiger charge is 2.31. The van der Waals surface area contributed by atoms with Crippen molar-refractivity contribution in [3.8, 4) is 11.8 Å². The Morgan fingerprint density at radius 2 is 1.96 bits per heavy atom. The van der Waals surface area contributed by atoms with Crippen LogP contribution in [-0.4, -0.2) is 35.3 Å². The lowest BCUT2D eigenvalue weighted by molar-refractivity contribution is -0.274. The summed E-state index contributed by atoms with van der Waals surface area (Å²) in [6.45, 7) is 4.39. The van der Waals surface area contributed by atoms with E-state index in [0.29, 0.717) is 18.1 Å². The number of alkyl halides is 3. The molecule has 1 amide bonds. The molecule has 0 saturated heterocycles. The molecule has 148 valence electrons. The minimum absolute atomic E-state index is 0.00748. The number of anilines is 2. The number of nitrogens with one attached hydrogen (secondary N) is 1. The summed E-state index contributed by atoms with van der Waals surface area (Å²) in [6, 6.07) is 8.28. The Kier molecular flexibility index (Phi) is 6.76. The van der Waals surface area contributed by atoms with Gasteiger partial charge >= 0.3 is 6.36 Å².